The van der Waals surface area contributed by atoms with E-state index in [1.165, 1.54) is 11.8 Å². The van der Waals surface area contributed by atoms with Crippen molar-refractivity contribution in [2.45, 2.75) is 18.9 Å². The predicted octanol–water partition coefficient (Wildman–Crippen LogP) is 3.01. The largest absolute Gasteiger partial charge is 0.474 e. The molecule has 3 aromatic rings. The van der Waals surface area contributed by atoms with Gasteiger partial charge in [-0.15, -0.1) is 0 Å². The molecule has 5 rings (SSSR count). The predicted molar refractivity (Wildman–Crippen MR) is 134 cm³/mol. The van der Waals surface area contributed by atoms with Crippen LogP contribution >= 0.6 is 0 Å². The number of nitrogens with zero attached hydrogens (tertiary/aromatic N) is 5. The van der Waals surface area contributed by atoms with Crippen LogP contribution in [0.2, 0.25) is 0 Å². The highest BCUT2D eigenvalue weighted by atomic mass is 16.5. The lowest BCUT2D eigenvalue weighted by Gasteiger charge is -2.34. The highest BCUT2D eigenvalue weighted by Crippen LogP contribution is 2.28. The number of amides is 1. The molecular weight excluding hydrogens is 430 g/mol. The van der Waals surface area contributed by atoms with Crippen molar-refractivity contribution >= 4 is 34.3 Å². The summed E-state index contributed by atoms with van der Waals surface area (Å²) < 4.78 is 6.29. The van der Waals surface area contributed by atoms with E-state index in [0.717, 1.165) is 55.7 Å². The fourth-order valence-corrected chi connectivity index (χ4v) is 4.49. The van der Waals surface area contributed by atoms with Gasteiger partial charge in [-0.2, -0.15) is 9.97 Å². The lowest BCUT2D eigenvalue weighted by Crippen LogP contribution is -2.44. The summed E-state index contributed by atoms with van der Waals surface area (Å²) in [6.45, 7) is 9.12. The van der Waals surface area contributed by atoms with Crippen LogP contribution in [0.3, 0.4) is 0 Å². The molecule has 2 aliphatic rings. The monoisotopic (exact) mass is 461 g/mol. The Morgan fingerprint density at radius 1 is 1.09 bits per heavy atom. The molecule has 2 aliphatic heterocycles. The van der Waals surface area contributed by atoms with E-state index >= 15 is 0 Å². The van der Waals surface area contributed by atoms with Crippen LogP contribution in [0, 0.1) is 0 Å². The molecule has 0 unspecified atom stereocenters. The summed E-state index contributed by atoms with van der Waals surface area (Å²) in [5, 5.41) is 4.17. The molecule has 0 spiro atoms. The van der Waals surface area contributed by atoms with Gasteiger partial charge in [0.2, 0.25) is 17.7 Å². The van der Waals surface area contributed by atoms with Gasteiger partial charge in [-0.3, -0.25) is 4.79 Å². The van der Waals surface area contributed by atoms with E-state index in [9.17, 15) is 4.79 Å². The van der Waals surface area contributed by atoms with Crippen LogP contribution in [0.25, 0.3) is 11.0 Å². The molecular formula is C25H31N7O2. The molecule has 34 heavy (non-hydrogen) atoms. The number of fused-ring (bicyclic) bond motifs is 1. The molecule has 9 nitrogen and oxygen atoms in total. The quantitative estimate of drug-likeness (QED) is 0.546. The number of aromatic amines is 1. The van der Waals surface area contributed by atoms with Crippen molar-refractivity contribution in [2.75, 3.05) is 56.5 Å². The number of piperazine rings is 1. The van der Waals surface area contributed by atoms with E-state index in [4.69, 9.17) is 4.74 Å². The Labute approximate surface area is 199 Å². The summed E-state index contributed by atoms with van der Waals surface area (Å²) in [4.78, 5) is 30.9. The van der Waals surface area contributed by atoms with Gasteiger partial charge < -0.3 is 29.7 Å². The topological polar surface area (TPSA) is 89.6 Å². The molecule has 0 radical (unpaired) electrons. The average Bonchev–Trinajstić information content (AvgIpc) is 3.34. The number of nitrogens with one attached hydrogen (secondary N) is 2. The van der Waals surface area contributed by atoms with Gasteiger partial charge in [-0.25, -0.2) is 0 Å². The number of ether oxygens (including phenoxy) is 1. The highest BCUT2D eigenvalue weighted by molar-refractivity contribution is 5.87. The fraction of sp³-hybridized carbons (Fsp3) is 0.400. The van der Waals surface area contributed by atoms with Crippen molar-refractivity contribution in [1.29, 1.82) is 0 Å². The van der Waals surface area contributed by atoms with Gasteiger partial charge in [0.25, 0.3) is 0 Å². The molecule has 4 heterocycles. The number of hydrogen-bond donors (Lipinski definition) is 2. The van der Waals surface area contributed by atoms with Gasteiger partial charge in [0.1, 0.15) is 11.8 Å². The molecule has 2 aromatic heterocycles. The number of carbonyl (C=O) groups excluding carboxylic acids is 1. The van der Waals surface area contributed by atoms with Crippen LogP contribution in [0.4, 0.5) is 17.3 Å². The first-order valence-corrected chi connectivity index (χ1v) is 11.8. The Balaban J connectivity index is 1.27. The SMILES string of the molecule is C=CC(=O)N1CCC(Oc2nc(Nc3ccc(N4CCN(C)CC4)cc3)nc3[nH]ccc23)CC1. The highest BCUT2D eigenvalue weighted by Gasteiger charge is 2.24. The second-order valence-corrected chi connectivity index (χ2v) is 8.90. The maximum absolute atomic E-state index is 11.8. The van der Waals surface area contributed by atoms with E-state index in [-0.39, 0.29) is 12.0 Å². The first-order valence-electron chi connectivity index (χ1n) is 11.8. The number of piperidine rings is 1. The van der Waals surface area contributed by atoms with E-state index < -0.39 is 0 Å². The smallest absolute Gasteiger partial charge is 0.245 e. The fourth-order valence-electron chi connectivity index (χ4n) is 4.49. The summed E-state index contributed by atoms with van der Waals surface area (Å²) in [6.07, 6.45) is 4.71. The number of anilines is 3. The zero-order valence-electron chi connectivity index (χ0n) is 19.5. The lowest BCUT2D eigenvalue weighted by molar-refractivity contribution is -0.127. The van der Waals surface area contributed by atoms with Gasteiger partial charge in [0.15, 0.2) is 0 Å². The number of likely N-dealkylation sites (N-methyl/N-ethyl adjacent to an activating group) is 1. The third kappa shape index (κ3) is 4.84. The summed E-state index contributed by atoms with van der Waals surface area (Å²) in [5.74, 6) is 1.01. The molecule has 0 aliphatic carbocycles. The minimum absolute atomic E-state index is 0.00223. The van der Waals surface area contributed by atoms with Crippen LogP contribution in [-0.4, -0.2) is 83.1 Å². The third-order valence-corrected chi connectivity index (χ3v) is 6.58. The van der Waals surface area contributed by atoms with Crippen LogP contribution in [0.5, 0.6) is 5.88 Å². The summed E-state index contributed by atoms with van der Waals surface area (Å²) in [6, 6.07) is 10.3. The summed E-state index contributed by atoms with van der Waals surface area (Å²) in [5.41, 5.74) is 2.87. The first-order chi connectivity index (χ1) is 16.6. The van der Waals surface area contributed by atoms with Crippen molar-refractivity contribution in [1.82, 2.24) is 24.8 Å². The normalized spacial score (nSPS) is 17.7. The second kappa shape index (κ2) is 9.72. The zero-order chi connectivity index (χ0) is 23.5. The molecule has 1 aromatic carbocycles. The number of aromatic nitrogens is 3. The minimum Gasteiger partial charge on any atom is -0.474 e. The van der Waals surface area contributed by atoms with Crippen molar-refractivity contribution in [3.05, 3.63) is 49.2 Å². The van der Waals surface area contributed by atoms with Gasteiger partial charge in [0.05, 0.1) is 5.39 Å². The molecule has 1 amide bonds. The van der Waals surface area contributed by atoms with Gasteiger partial charge in [-0.1, -0.05) is 6.58 Å². The molecule has 2 fully saturated rings. The second-order valence-electron chi connectivity index (χ2n) is 8.90. The lowest BCUT2D eigenvalue weighted by atomic mass is 10.1. The Morgan fingerprint density at radius 2 is 1.82 bits per heavy atom. The van der Waals surface area contributed by atoms with Gasteiger partial charge in [-0.05, 0) is 43.5 Å². The molecule has 0 bridgehead atoms. The maximum Gasteiger partial charge on any atom is 0.245 e. The Kier molecular flexibility index (Phi) is 6.35. The number of H-pyrrole nitrogens is 1. The Bertz CT molecular complexity index is 1140. The zero-order valence-corrected chi connectivity index (χ0v) is 19.5. The first kappa shape index (κ1) is 22.2. The molecule has 0 atom stereocenters. The van der Waals surface area contributed by atoms with Crippen molar-refractivity contribution < 1.29 is 9.53 Å². The maximum atomic E-state index is 11.8. The van der Waals surface area contributed by atoms with E-state index in [0.29, 0.717) is 24.9 Å². The Hall–Kier alpha value is -3.59. The van der Waals surface area contributed by atoms with Crippen molar-refractivity contribution in [2.24, 2.45) is 0 Å². The van der Waals surface area contributed by atoms with E-state index in [1.807, 2.05) is 12.3 Å². The molecule has 9 heteroatoms. The molecule has 0 saturated carbocycles. The van der Waals surface area contributed by atoms with Crippen LogP contribution in [0.1, 0.15) is 12.8 Å². The number of likely N-dealkylation sites (tertiary alicyclic amines) is 1. The standard InChI is InChI=1S/C25H31N7O2/c1-3-22(33)32-12-9-20(10-13-32)34-24-21-8-11-26-23(21)28-25(29-24)27-18-4-6-19(7-5-18)31-16-14-30(2)15-17-31/h3-8,11,20H,1,9-10,12-17H2,2H3,(H2,26,27,28,29). The third-order valence-electron chi connectivity index (χ3n) is 6.58. The number of hydrogen-bond acceptors (Lipinski definition) is 7. The van der Waals surface area contributed by atoms with Crippen LogP contribution in [-0.2, 0) is 4.79 Å². The van der Waals surface area contributed by atoms with Crippen molar-refractivity contribution in [3.8, 4) is 5.88 Å². The number of benzene rings is 1. The molecule has 2 saturated heterocycles. The van der Waals surface area contributed by atoms with Crippen molar-refractivity contribution in [3.63, 3.8) is 0 Å². The summed E-state index contributed by atoms with van der Waals surface area (Å²) in [7, 11) is 2.16. The average molecular weight is 462 g/mol. The van der Waals surface area contributed by atoms with Crippen LogP contribution < -0.4 is 15.0 Å². The molecule has 178 valence electrons. The van der Waals surface area contributed by atoms with E-state index in [2.05, 4.69) is 68.0 Å². The van der Waals surface area contributed by atoms with Gasteiger partial charge >= 0.3 is 0 Å². The number of carbonyl (C=O) groups is 1. The minimum atomic E-state index is -0.0290. The molecule has 2 N–H and O–H groups in total. The number of rotatable bonds is 6. The van der Waals surface area contributed by atoms with E-state index in [1.54, 1.807) is 4.90 Å². The Morgan fingerprint density at radius 3 is 2.53 bits per heavy atom. The summed E-state index contributed by atoms with van der Waals surface area (Å²) >= 11 is 0. The van der Waals surface area contributed by atoms with Gasteiger partial charge in [0, 0.05) is 69.7 Å². The van der Waals surface area contributed by atoms with Crippen LogP contribution in [0.15, 0.2) is 49.2 Å².